The van der Waals surface area contributed by atoms with Crippen LogP contribution in [0.15, 0.2) is 29.1 Å². The Morgan fingerprint density at radius 3 is 2.68 bits per heavy atom. The van der Waals surface area contributed by atoms with E-state index in [9.17, 15) is 9.59 Å². The highest BCUT2D eigenvalue weighted by molar-refractivity contribution is 5.96. The summed E-state index contributed by atoms with van der Waals surface area (Å²) in [6.07, 6.45) is 0. The highest BCUT2D eigenvalue weighted by Gasteiger charge is 2.18. The predicted octanol–water partition coefficient (Wildman–Crippen LogP) is -0.561. The number of anilines is 1. The number of hydrazine groups is 2. The summed E-state index contributed by atoms with van der Waals surface area (Å²) in [6.45, 7) is 1.80. The number of benzene rings is 1. The number of nitrogen functional groups attached to an aromatic ring is 2. The van der Waals surface area contributed by atoms with E-state index < -0.39 is 11.5 Å². The van der Waals surface area contributed by atoms with Gasteiger partial charge in [0.05, 0.1) is 12.8 Å². The SMILES string of the molecule is COc1cccc(C)c1-n1nc(C(=O)NN)c(NN)cc1=O. The average molecular weight is 304 g/mol. The predicted molar refractivity (Wildman–Crippen MR) is 80.6 cm³/mol. The van der Waals surface area contributed by atoms with Crippen LogP contribution < -0.4 is 32.8 Å². The van der Waals surface area contributed by atoms with Gasteiger partial charge in [0, 0.05) is 6.07 Å². The molecule has 0 atom stereocenters. The number of aryl methyl sites for hydroxylation is 1. The molecule has 0 aliphatic heterocycles. The molecule has 2 aromatic rings. The summed E-state index contributed by atoms with van der Waals surface area (Å²) in [5.41, 5.74) is 4.86. The molecule has 0 radical (unpaired) electrons. The van der Waals surface area contributed by atoms with Crippen molar-refractivity contribution in [3.63, 3.8) is 0 Å². The Bertz CT molecular complexity index is 771. The van der Waals surface area contributed by atoms with Crippen molar-refractivity contribution in [1.29, 1.82) is 0 Å². The second-order valence-electron chi connectivity index (χ2n) is 4.40. The van der Waals surface area contributed by atoms with Crippen LogP contribution in [0.5, 0.6) is 5.75 Å². The molecule has 0 bridgehead atoms. The molecular weight excluding hydrogens is 288 g/mol. The summed E-state index contributed by atoms with van der Waals surface area (Å²) in [4.78, 5) is 24.1. The van der Waals surface area contributed by atoms with E-state index in [-0.39, 0.29) is 11.4 Å². The lowest BCUT2D eigenvalue weighted by Crippen LogP contribution is -2.35. The molecule has 0 saturated carbocycles. The third kappa shape index (κ3) is 2.62. The fourth-order valence-electron chi connectivity index (χ4n) is 2.03. The van der Waals surface area contributed by atoms with Gasteiger partial charge in [0.2, 0.25) is 0 Å². The minimum Gasteiger partial charge on any atom is -0.494 e. The van der Waals surface area contributed by atoms with Crippen molar-refractivity contribution >= 4 is 11.6 Å². The summed E-state index contributed by atoms with van der Waals surface area (Å²) < 4.78 is 6.32. The highest BCUT2D eigenvalue weighted by atomic mass is 16.5. The third-order valence-electron chi connectivity index (χ3n) is 3.07. The second kappa shape index (κ2) is 6.24. The van der Waals surface area contributed by atoms with Crippen molar-refractivity contribution in [3.05, 3.63) is 45.9 Å². The van der Waals surface area contributed by atoms with Gasteiger partial charge >= 0.3 is 0 Å². The number of carbonyl (C=O) groups is 1. The van der Waals surface area contributed by atoms with Crippen LogP contribution in [0.2, 0.25) is 0 Å². The molecule has 9 heteroatoms. The molecule has 0 aliphatic carbocycles. The highest BCUT2D eigenvalue weighted by Crippen LogP contribution is 2.24. The Kier molecular flexibility index (Phi) is 4.39. The van der Waals surface area contributed by atoms with Gasteiger partial charge < -0.3 is 10.2 Å². The summed E-state index contributed by atoms with van der Waals surface area (Å²) >= 11 is 0. The first kappa shape index (κ1) is 15.5. The molecule has 0 fully saturated rings. The average Bonchev–Trinajstić information content (AvgIpc) is 2.53. The number of rotatable bonds is 4. The van der Waals surface area contributed by atoms with E-state index in [1.165, 1.54) is 7.11 Å². The standard InChI is InChI=1S/C13H16N6O3/c1-7-4-3-5-9(22-2)12(7)19-10(20)6-8(16-14)11(18-19)13(21)17-15/h3-6,16H,14-15H2,1-2H3,(H,17,21). The van der Waals surface area contributed by atoms with Gasteiger partial charge in [0.15, 0.2) is 5.69 Å². The number of aromatic nitrogens is 2. The second-order valence-corrected chi connectivity index (χ2v) is 4.40. The molecule has 9 nitrogen and oxygen atoms in total. The van der Waals surface area contributed by atoms with Gasteiger partial charge in [-0.05, 0) is 18.6 Å². The van der Waals surface area contributed by atoms with Crippen molar-refractivity contribution in [3.8, 4) is 11.4 Å². The Morgan fingerprint density at radius 2 is 2.09 bits per heavy atom. The van der Waals surface area contributed by atoms with Crippen LogP contribution in [0.4, 0.5) is 5.69 Å². The largest absolute Gasteiger partial charge is 0.494 e. The van der Waals surface area contributed by atoms with Crippen molar-refractivity contribution in [2.45, 2.75) is 6.92 Å². The summed E-state index contributed by atoms with van der Waals surface area (Å²) in [5.74, 6) is 10.2. The first-order valence-electron chi connectivity index (χ1n) is 6.29. The number of amides is 1. The Labute approximate surface area is 125 Å². The number of methoxy groups -OCH3 is 1. The maximum Gasteiger partial charge on any atom is 0.287 e. The Balaban J connectivity index is 2.77. The number of ether oxygens (including phenoxy) is 1. The molecule has 116 valence electrons. The quantitative estimate of drug-likeness (QED) is 0.337. The Hall–Kier alpha value is -2.91. The first-order chi connectivity index (χ1) is 10.5. The molecule has 1 heterocycles. The number of carbonyl (C=O) groups excluding carboxylic acids is 1. The maximum atomic E-state index is 12.3. The summed E-state index contributed by atoms with van der Waals surface area (Å²) in [6, 6.07) is 6.42. The fraction of sp³-hybridized carbons (Fsp3) is 0.154. The first-order valence-corrected chi connectivity index (χ1v) is 6.29. The number of nitrogens with one attached hydrogen (secondary N) is 2. The number of hydrogen-bond acceptors (Lipinski definition) is 7. The molecule has 22 heavy (non-hydrogen) atoms. The van der Waals surface area contributed by atoms with E-state index in [1.807, 2.05) is 5.43 Å². The maximum absolute atomic E-state index is 12.3. The van der Waals surface area contributed by atoms with E-state index in [2.05, 4.69) is 10.5 Å². The van der Waals surface area contributed by atoms with Gasteiger partial charge in [-0.2, -0.15) is 9.78 Å². The number of nitrogens with zero attached hydrogens (tertiary/aromatic N) is 2. The number of hydrogen-bond donors (Lipinski definition) is 4. The molecular formula is C13H16N6O3. The molecule has 0 spiro atoms. The van der Waals surface area contributed by atoms with Crippen LogP contribution >= 0.6 is 0 Å². The van der Waals surface area contributed by atoms with Gasteiger partial charge in [0.1, 0.15) is 11.4 Å². The van der Waals surface area contributed by atoms with Crippen LogP contribution in [-0.2, 0) is 0 Å². The van der Waals surface area contributed by atoms with Gasteiger partial charge in [-0.1, -0.05) is 12.1 Å². The topological polar surface area (TPSA) is 137 Å². The van der Waals surface area contributed by atoms with Crippen LogP contribution in [0, 0.1) is 6.92 Å². The lowest BCUT2D eigenvalue weighted by molar-refractivity contribution is 0.0947. The lowest BCUT2D eigenvalue weighted by atomic mass is 10.2. The number of nitrogens with two attached hydrogens (primary N) is 2. The van der Waals surface area contributed by atoms with E-state index in [0.717, 1.165) is 16.3 Å². The van der Waals surface area contributed by atoms with E-state index >= 15 is 0 Å². The van der Waals surface area contributed by atoms with Gasteiger partial charge in [-0.15, -0.1) is 0 Å². The molecule has 1 amide bonds. The molecule has 0 unspecified atom stereocenters. The van der Waals surface area contributed by atoms with Crippen LogP contribution in [0.25, 0.3) is 5.69 Å². The fourth-order valence-corrected chi connectivity index (χ4v) is 2.03. The van der Waals surface area contributed by atoms with Crippen molar-refractivity contribution < 1.29 is 9.53 Å². The minimum atomic E-state index is -0.686. The monoisotopic (exact) mass is 304 g/mol. The van der Waals surface area contributed by atoms with E-state index in [0.29, 0.717) is 11.4 Å². The smallest absolute Gasteiger partial charge is 0.287 e. The van der Waals surface area contributed by atoms with Crippen LogP contribution in [-0.4, -0.2) is 22.8 Å². The van der Waals surface area contributed by atoms with Crippen LogP contribution in [0.3, 0.4) is 0 Å². The summed E-state index contributed by atoms with van der Waals surface area (Å²) in [7, 11) is 1.48. The zero-order chi connectivity index (χ0) is 16.3. The molecule has 0 aliphatic rings. The van der Waals surface area contributed by atoms with E-state index in [4.69, 9.17) is 16.4 Å². The lowest BCUT2D eigenvalue weighted by Gasteiger charge is -2.14. The van der Waals surface area contributed by atoms with Crippen molar-refractivity contribution in [1.82, 2.24) is 15.2 Å². The molecule has 0 saturated heterocycles. The zero-order valence-corrected chi connectivity index (χ0v) is 12.1. The number of para-hydroxylation sites is 1. The molecule has 1 aromatic carbocycles. The molecule has 6 N–H and O–H groups in total. The normalized spacial score (nSPS) is 10.2. The molecule has 2 rings (SSSR count). The van der Waals surface area contributed by atoms with Gasteiger partial charge in [0.25, 0.3) is 11.5 Å². The molecule has 1 aromatic heterocycles. The summed E-state index contributed by atoms with van der Waals surface area (Å²) in [5, 5.41) is 4.04. The zero-order valence-electron chi connectivity index (χ0n) is 12.1. The van der Waals surface area contributed by atoms with E-state index in [1.54, 1.807) is 25.1 Å². The minimum absolute atomic E-state index is 0.0664. The third-order valence-corrected chi connectivity index (χ3v) is 3.07. The van der Waals surface area contributed by atoms with Gasteiger partial charge in [-0.25, -0.2) is 5.84 Å². The van der Waals surface area contributed by atoms with Crippen LogP contribution in [0.1, 0.15) is 16.1 Å². The van der Waals surface area contributed by atoms with Gasteiger partial charge in [-0.3, -0.25) is 20.9 Å². The Morgan fingerprint density at radius 1 is 1.36 bits per heavy atom. The van der Waals surface area contributed by atoms with Crippen molar-refractivity contribution in [2.75, 3.05) is 12.5 Å². The van der Waals surface area contributed by atoms with Crippen molar-refractivity contribution in [2.24, 2.45) is 11.7 Å².